The largest absolute Gasteiger partial charge is 0.496 e. The summed E-state index contributed by atoms with van der Waals surface area (Å²) in [6.07, 6.45) is -0.730. The highest BCUT2D eigenvalue weighted by Gasteiger charge is 2.20. The number of benzene rings is 2. The van der Waals surface area contributed by atoms with Crippen LogP contribution >= 0.6 is 0 Å². The Labute approximate surface area is 126 Å². The van der Waals surface area contributed by atoms with Crippen molar-refractivity contribution in [3.63, 3.8) is 0 Å². The third-order valence-corrected chi connectivity index (χ3v) is 3.64. The van der Waals surface area contributed by atoms with Gasteiger partial charge in [-0.15, -0.1) is 0 Å². The van der Waals surface area contributed by atoms with Gasteiger partial charge in [0, 0.05) is 12.7 Å². The Bertz CT molecular complexity index is 620. The Morgan fingerprint density at radius 1 is 1.10 bits per heavy atom. The van der Waals surface area contributed by atoms with Gasteiger partial charge < -0.3 is 14.6 Å². The van der Waals surface area contributed by atoms with Crippen LogP contribution in [0.3, 0.4) is 0 Å². The molecule has 1 N–H and O–H groups in total. The zero-order valence-electron chi connectivity index (χ0n) is 13.0. The summed E-state index contributed by atoms with van der Waals surface area (Å²) in [6.45, 7) is 4.48. The predicted octanol–water partition coefficient (Wildman–Crippen LogP) is 3.54. The van der Waals surface area contributed by atoms with Gasteiger partial charge in [0.2, 0.25) is 0 Å². The summed E-state index contributed by atoms with van der Waals surface area (Å²) in [5, 5.41) is 10.8. The van der Waals surface area contributed by atoms with E-state index in [4.69, 9.17) is 9.47 Å². The average Bonchev–Trinajstić information content (AvgIpc) is 2.46. The van der Waals surface area contributed by atoms with Crippen molar-refractivity contribution >= 4 is 0 Å². The fraction of sp³-hybridized carbons (Fsp3) is 0.333. The van der Waals surface area contributed by atoms with E-state index in [9.17, 15) is 5.11 Å². The first-order chi connectivity index (χ1) is 10.1. The molecule has 0 spiro atoms. The number of hydrogen-bond acceptors (Lipinski definition) is 3. The lowest BCUT2D eigenvalue weighted by molar-refractivity contribution is 0.175. The molecule has 0 heterocycles. The van der Waals surface area contributed by atoms with E-state index in [-0.39, 0.29) is 0 Å². The lowest BCUT2D eigenvalue weighted by Gasteiger charge is -2.20. The molecule has 0 fully saturated rings. The molecular weight excluding hydrogens is 264 g/mol. The van der Waals surface area contributed by atoms with E-state index in [0.717, 1.165) is 27.8 Å². The summed E-state index contributed by atoms with van der Waals surface area (Å²) in [5.74, 6) is 0.715. The van der Waals surface area contributed by atoms with Crippen LogP contribution in [0.5, 0.6) is 5.75 Å². The van der Waals surface area contributed by atoms with Gasteiger partial charge in [-0.2, -0.15) is 0 Å². The number of aryl methyl sites for hydroxylation is 2. The topological polar surface area (TPSA) is 38.7 Å². The number of aliphatic hydroxyl groups excluding tert-OH is 1. The van der Waals surface area contributed by atoms with Crippen LogP contribution in [0, 0.1) is 13.8 Å². The van der Waals surface area contributed by atoms with Crippen molar-refractivity contribution in [2.75, 3.05) is 14.2 Å². The minimum Gasteiger partial charge on any atom is -0.496 e. The van der Waals surface area contributed by atoms with Crippen molar-refractivity contribution in [2.24, 2.45) is 0 Å². The first-order valence-electron chi connectivity index (χ1n) is 6.98. The van der Waals surface area contributed by atoms with Crippen molar-refractivity contribution in [3.05, 3.63) is 64.2 Å². The van der Waals surface area contributed by atoms with E-state index in [2.05, 4.69) is 6.07 Å². The van der Waals surface area contributed by atoms with Crippen molar-refractivity contribution in [1.82, 2.24) is 0 Å². The zero-order valence-corrected chi connectivity index (χ0v) is 13.0. The van der Waals surface area contributed by atoms with Crippen molar-refractivity contribution in [1.29, 1.82) is 0 Å². The summed E-state index contributed by atoms with van der Waals surface area (Å²) in [4.78, 5) is 0. The molecule has 112 valence electrons. The van der Waals surface area contributed by atoms with Crippen molar-refractivity contribution in [2.45, 2.75) is 26.6 Å². The molecule has 3 nitrogen and oxygen atoms in total. The van der Waals surface area contributed by atoms with Crippen LogP contribution in [0.1, 0.15) is 33.9 Å². The molecule has 2 aromatic rings. The predicted molar refractivity (Wildman–Crippen MR) is 83.7 cm³/mol. The molecule has 1 atom stereocenters. The summed E-state index contributed by atoms with van der Waals surface area (Å²) in [5.41, 5.74) is 4.78. The van der Waals surface area contributed by atoms with E-state index in [1.807, 2.05) is 44.2 Å². The number of rotatable bonds is 5. The van der Waals surface area contributed by atoms with E-state index >= 15 is 0 Å². The first kappa shape index (κ1) is 15.5. The quantitative estimate of drug-likeness (QED) is 0.913. The first-order valence-corrected chi connectivity index (χ1v) is 6.98. The molecule has 2 aromatic carbocycles. The number of hydrogen-bond donors (Lipinski definition) is 1. The highest BCUT2D eigenvalue weighted by Crippen LogP contribution is 2.35. The third kappa shape index (κ3) is 3.26. The van der Waals surface area contributed by atoms with Crippen LogP contribution in [0.2, 0.25) is 0 Å². The molecule has 0 aliphatic heterocycles. The molecular formula is C18H22O3. The van der Waals surface area contributed by atoms with Crippen LogP contribution in [-0.2, 0) is 11.3 Å². The Kier molecular flexibility index (Phi) is 4.99. The van der Waals surface area contributed by atoms with E-state index < -0.39 is 6.10 Å². The van der Waals surface area contributed by atoms with Crippen molar-refractivity contribution in [3.8, 4) is 5.75 Å². The molecule has 1 unspecified atom stereocenters. The third-order valence-electron chi connectivity index (χ3n) is 3.64. The summed E-state index contributed by atoms with van der Waals surface area (Å²) in [7, 11) is 3.28. The van der Waals surface area contributed by atoms with Gasteiger partial charge in [0.1, 0.15) is 11.9 Å². The van der Waals surface area contributed by atoms with Gasteiger partial charge in [-0.1, -0.05) is 30.3 Å². The van der Waals surface area contributed by atoms with Crippen LogP contribution < -0.4 is 4.74 Å². The van der Waals surface area contributed by atoms with E-state index in [1.54, 1.807) is 14.2 Å². The molecule has 0 aromatic heterocycles. The second-order valence-electron chi connectivity index (χ2n) is 5.23. The van der Waals surface area contributed by atoms with Gasteiger partial charge in [0.05, 0.1) is 13.7 Å². The van der Waals surface area contributed by atoms with Crippen LogP contribution in [0.25, 0.3) is 0 Å². The maximum absolute atomic E-state index is 10.8. The molecule has 3 heteroatoms. The zero-order chi connectivity index (χ0) is 15.4. The molecule has 0 bridgehead atoms. The molecule has 0 amide bonds. The Hall–Kier alpha value is -1.84. The second kappa shape index (κ2) is 6.74. The van der Waals surface area contributed by atoms with Crippen LogP contribution in [0.4, 0.5) is 0 Å². The number of aliphatic hydroxyl groups is 1. The van der Waals surface area contributed by atoms with Crippen LogP contribution in [0.15, 0.2) is 36.4 Å². The van der Waals surface area contributed by atoms with E-state index in [0.29, 0.717) is 12.4 Å². The highest BCUT2D eigenvalue weighted by molar-refractivity contribution is 5.48. The molecule has 2 rings (SSSR count). The highest BCUT2D eigenvalue weighted by atomic mass is 16.5. The van der Waals surface area contributed by atoms with Gasteiger partial charge in [-0.3, -0.25) is 0 Å². The summed E-state index contributed by atoms with van der Waals surface area (Å²) < 4.78 is 10.7. The Balaban J connectivity index is 2.52. The second-order valence-corrected chi connectivity index (χ2v) is 5.23. The maximum Gasteiger partial charge on any atom is 0.125 e. The molecule has 0 aliphatic carbocycles. The summed E-state index contributed by atoms with van der Waals surface area (Å²) >= 11 is 0. The van der Waals surface area contributed by atoms with Gasteiger partial charge >= 0.3 is 0 Å². The van der Waals surface area contributed by atoms with Gasteiger partial charge in [-0.05, 0) is 42.2 Å². The fourth-order valence-electron chi connectivity index (χ4n) is 2.70. The van der Waals surface area contributed by atoms with Crippen LogP contribution in [-0.4, -0.2) is 19.3 Å². The SMILES string of the molecule is COCc1ccccc1C(O)c1c(C)cc(C)cc1OC. The molecule has 0 saturated heterocycles. The lowest BCUT2D eigenvalue weighted by atomic mass is 9.92. The minimum atomic E-state index is -0.730. The normalized spacial score (nSPS) is 12.2. The monoisotopic (exact) mass is 286 g/mol. The number of methoxy groups -OCH3 is 2. The van der Waals surface area contributed by atoms with E-state index in [1.165, 1.54) is 0 Å². The van der Waals surface area contributed by atoms with Gasteiger partial charge in [-0.25, -0.2) is 0 Å². The Morgan fingerprint density at radius 2 is 1.81 bits per heavy atom. The average molecular weight is 286 g/mol. The molecule has 0 saturated carbocycles. The molecule has 0 aliphatic rings. The minimum absolute atomic E-state index is 0.473. The molecule has 0 radical (unpaired) electrons. The number of ether oxygens (including phenoxy) is 2. The Morgan fingerprint density at radius 3 is 2.48 bits per heavy atom. The van der Waals surface area contributed by atoms with Crippen molar-refractivity contribution < 1.29 is 14.6 Å². The summed E-state index contributed by atoms with van der Waals surface area (Å²) in [6, 6.07) is 11.8. The fourth-order valence-corrected chi connectivity index (χ4v) is 2.70. The lowest BCUT2D eigenvalue weighted by Crippen LogP contribution is -2.08. The van der Waals surface area contributed by atoms with Gasteiger partial charge in [0.15, 0.2) is 0 Å². The molecule has 21 heavy (non-hydrogen) atoms. The smallest absolute Gasteiger partial charge is 0.125 e. The maximum atomic E-state index is 10.8. The van der Waals surface area contributed by atoms with Gasteiger partial charge in [0.25, 0.3) is 0 Å². The standard InChI is InChI=1S/C18H22O3/c1-12-9-13(2)17(16(10-12)21-4)18(19)15-8-6-5-7-14(15)11-20-3/h5-10,18-19H,11H2,1-4H3.